The maximum atomic E-state index is 13.9. The lowest BCUT2D eigenvalue weighted by Crippen LogP contribution is -2.43. The molecule has 1 saturated carbocycles. The summed E-state index contributed by atoms with van der Waals surface area (Å²) >= 11 is 0. The lowest BCUT2D eigenvalue weighted by molar-refractivity contribution is -0.120. The van der Waals surface area contributed by atoms with Crippen LogP contribution in [0.5, 0.6) is 5.75 Å². The van der Waals surface area contributed by atoms with Gasteiger partial charge in [0.2, 0.25) is 0 Å². The van der Waals surface area contributed by atoms with Gasteiger partial charge in [0.05, 0.1) is 22.8 Å². The SMILES string of the molecule is Cc1cccc(S(=O)(=O)N2C[C@H](CCC(=O)C3CC3)Oc3ccc(-c4cccc(N(C)C)n4)cc32)c1. The molecule has 0 saturated heterocycles. The Bertz CT molecular complexity index is 1400. The number of Topliss-reactive ketones (excluding diaryl/α,β-unsaturated/α-hetero) is 1. The van der Waals surface area contributed by atoms with Gasteiger partial charge in [-0.05, 0) is 74.2 Å². The minimum Gasteiger partial charge on any atom is -0.486 e. The zero-order chi connectivity index (χ0) is 25.4. The van der Waals surface area contributed by atoms with Gasteiger partial charge in [0.15, 0.2) is 0 Å². The number of pyridine rings is 1. The number of nitrogens with zero attached hydrogens (tertiary/aromatic N) is 3. The molecule has 1 fully saturated rings. The van der Waals surface area contributed by atoms with Crippen molar-refractivity contribution >= 4 is 27.3 Å². The molecule has 0 bridgehead atoms. The Morgan fingerprint density at radius 3 is 2.58 bits per heavy atom. The molecule has 0 amide bonds. The van der Waals surface area contributed by atoms with Crippen molar-refractivity contribution in [2.24, 2.45) is 5.92 Å². The van der Waals surface area contributed by atoms with Crippen molar-refractivity contribution in [3.05, 3.63) is 66.2 Å². The first-order valence-electron chi connectivity index (χ1n) is 12.3. The summed E-state index contributed by atoms with van der Waals surface area (Å²) in [5, 5.41) is 0. The zero-order valence-corrected chi connectivity index (χ0v) is 21.7. The molecule has 0 radical (unpaired) electrons. The summed E-state index contributed by atoms with van der Waals surface area (Å²) in [4.78, 5) is 19.2. The van der Waals surface area contributed by atoms with Crippen LogP contribution in [-0.4, -0.2) is 45.9 Å². The molecule has 1 aromatic heterocycles. The lowest BCUT2D eigenvalue weighted by Gasteiger charge is -2.36. The van der Waals surface area contributed by atoms with Crippen molar-refractivity contribution in [3.8, 4) is 17.0 Å². The molecule has 5 rings (SSSR count). The van der Waals surface area contributed by atoms with Gasteiger partial charge in [-0.3, -0.25) is 9.10 Å². The summed E-state index contributed by atoms with van der Waals surface area (Å²) in [6.45, 7) is 2.02. The van der Waals surface area contributed by atoms with E-state index in [4.69, 9.17) is 9.72 Å². The predicted molar refractivity (Wildman–Crippen MR) is 141 cm³/mol. The number of carbonyl (C=O) groups excluding carboxylic acids is 1. The van der Waals surface area contributed by atoms with Crippen LogP contribution < -0.4 is 13.9 Å². The maximum absolute atomic E-state index is 13.9. The average molecular weight is 506 g/mol. The second kappa shape index (κ2) is 9.58. The van der Waals surface area contributed by atoms with Crippen molar-refractivity contribution in [1.82, 2.24) is 4.98 Å². The summed E-state index contributed by atoms with van der Waals surface area (Å²) in [5.41, 5.74) is 2.90. The molecule has 7 nitrogen and oxygen atoms in total. The second-order valence-corrected chi connectivity index (χ2v) is 11.7. The third-order valence-electron chi connectivity index (χ3n) is 6.70. The quantitative estimate of drug-likeness (QED) is 0.436. The van der Waals surface area contributed by atoms with Gasteiger partial charge in [-0.2, -0.15) is 0 Å². The molecule has 36 heavy (non-hydrogen) atoms. The van der Waals surface area contributed by atoms with E-state index in [9.17, 15) is 13.2 Å². The van der Waals surface area contributed by atoms with Gasteiger partial charge in [0.1, 0.15) is 23.5 Å². The maximum Gasteiger partial charge on any atom is 0.264 e. The molecule has 3 aromatic rings. The Morgan fingerprint density at radius 2 is 1.86 bits per heavy atom. The monoisotopic (exact) mass is 505 g/mol. The Hall–Kier alpha value is -3.39. The number of ketones is 1. The summed E-state index contributed by atoms with van der Waals surface area (Å²) in [6, 6.07) is 18.2. The van der Waals surface area contributed by atoms with E-state index in [0.717, 1.165) is 35.5 Å². The van der Waals surface area contributed by atoms with Crippen molar-refractivity contribution in [1.29, 1.82) is 0 Å². The molecule has 1 atom stereocenters. The molecule has 2 aliphatic rings. The normalized spacial score (nSPS) is 17.3. The number of aromatic nitrogens is 1. The van der Waals surface area contributed by atoms with Crippen molar-refractivity contribution in [2.45, 2.75) is 43.6 Å². The van der Waals surface area contributed by atoms with E-state index in [1.807, 2.05) is 68.4 Å². The highest BCUT2D eigenvalue weighted by Gasteiger charge is 2.36. The number of anilines is 2. The fourth-order valence-corrected chi connectivity index (χ4v) is 6.10. The third kappa shape index (κ3) is 4.95. The summed E-state index contributed by atoms with van der Waals surface area (Å²) in [6.07, 6.45) is 2.42. The topological polar surface area (TPSA) is 79.8 Å². The van der Waals surface area contributed by atoms with Crippen molar-refractivity contribution in [2.75, 3.05) is 29.8 Å². The number of hydrogen-bond donors (Lipinski definition) is 0. The first-order valence-corrected chi connectivity index (χ1v) is 13.7. The molecule has 8 heteroatoms. The lowest BCUT2D eigenvalue weighted by atomic mass is 10.1. The fraction of sp³-hybridized carbons (Fsp3) is 0.357. The Labute approximate surface area is 212 Å². The highest BCUT2D eigenvalue weighted by atomic mass is 32.2. The van der Waals surface area contributed by atoms with Gasteiger partial charge in [0, 0.05) is 32.0 Å². The van der Waals surface area contributed by atoms with E-state index in [-0.39, 0.29) is 23.1 Å². The van der Waals surface area contributed by atoms with Crippen molar-refractivity contribution in [3.63, 3.8) is 0 Å². The highest BCUT2D eigenvalue weighted by molar-refractivity contribution is 7.92. The fourth-order valence-electron chi connectivity index (χ4n) is 4.50. The first kappa shape index (κ1) is 24.3. The predicted octanol–water partition coefficient (Wildman–Crippen LogP) is 4.84. The number of ether oxygens (including phenoxy) is 1. The molecule has 0 spiro atoms. The van der Waals surface area contributed by atoms with Crippen LogP contribution in [-0.2, 0) is 14.8 Å². The molecule has 2 heterocycles. The van der Waals surface area contributed by atoms with Crippen LogP contribution >= 0.6 is 0 Å². The number of benzene rings is 2. The van der Waals surface area contributed by atoms with Gasteiger partial charge < -0.3 is 9.64 Å². The number of sulfonamides is 1. The van der Waals surface area contributed by atoms with Crippen LogP contribution in [0.2, 0.25) is 0 Å². The molecular formula is C28H31N3O4S. The molecule has 0 unspecified atom stereocenters. The molecular weight excluding hydrogens is 474 g/mol. The minimum atomic E-state index is -3.85. The van der Waals surface area contributed by atoms with Gasteiger partial charge in [0.25, 0.3) is 10.0 Å². The van der Waals surface area contributed by atoms with Crippen LogP contribution in [0, 0.1) is 12.8 Å². The van der Waals surface area contributed by atoms with E-state index in [0.29, 0.717) is 24.3 Å². The smallest absolute Gasteiger partial charge is 0.264 e. The largest absolute Gasteiger partial charge is 0.486 e. The minimum absolute atomic E-state index is 0.149. The molecule has 0 N–H and O–H groups in total. The summed E-state index contributed by atoms with van der Waals surface area (Å²) in [5.74, 6) is 1.74. The summed E-state index contributed by atoms with van der Waals surface area (Å²) in [7, 11) is 0.00113. The van der Waals surface area contributed by atoms with E-state index in [2.05, 4.69) is 0 Å². The number of carbonyl (C=O) groups is 1. The van der Waals surface area contributed by atoms with E-state index in [1.165, 1.54) is 4.31 Å². The van der Waals surface area contributed by atoms with Crippen LogP contribution in [0.25, 0.3) is 11.3 Å². The Kier molecular flexibility index (Phi) is 6.47. The van der Waals surface area contributed by atoms with Crippen LogP contribution in [0.15, 0.2) is 65.6 Å². The van der Waals surface area contributed by atoms with Crippen molar-refractivity contribution < 1.29 is 17.9 Å². The van der Waals surface area contributed by atoms with E-state index >= 15 is 0 Å². The zero-order valence-electron chi connectivity index (χ0n) is 20.8. The average Bonchev–Trinajstić information content (AvgIpc) is 3.72. The standard InChI is InChI=1S/C28H31N3O4S/c1-19-6-4-7-23(16-19)36(33,34)31-18-22(13-14-26(32)20-10-11-20)35-27-15-12-21(17-25(27)31)24-8-5-9-28(29-24)30(2)3/h4-9,12,15-17,20,22H,10-11,13-14,18H2,1-3H3/t22-/m0/s1. The van der Waals surface area contributed by atoms with Gasteiger partial charge in [-0.25, -0.2) is 13.4 Å². The molecule has 188 valence electrons. The molecule has 1 aliphatic heterocycles. The molecule has 1 aliphatic carbocycles. The highest BCUT2D eigenvalue weighted by Crippen LogP contribution is 2.41. The van der Waals surface area contributed by atoms with Gasteiger partial charge in [-0.1, -0.05) is 18.2 Å². The Morgan fingerprint density at radius 1 is 1.08 bits per heavy atom. The second-order valence-electron chi connectivity index (χ2n) is 9.83. The van der Waals surface area contributed by atoms with Crippen LogP contribution in [0.3, 0.4) is 0 Å². The number of rotatable bonds is 8. The number of aryl methyl sites for hydroxylation is 1. The molecule has 2 aromatic carbocycles. The van der Waals surface area contributed by atoms with E-state index in [1.54, 1.807) is 18.2 Å². The number of fused-ring (bicyclic) bond motifs is 1. The van der Waals surface area contributed by atoms with Crippen LogP contribution in [0.4, 0.5) is 11.5 Å². The summed E-state index contributed by atoms with van der Waals surface area (Å²) < 4.78 is 35.4. The number of hydrogen-bond acceptors (Lipinski definition) is 6. The van der Waals surface area contributed by atoms with E-state index < -0.39 is 16.1 Å². The van der Waals surface area contributed by atoms with Crippen LogP contribution in [0.1, 0.15) is 31.2 Å². The van der Waals surface area contributed by atoms with Gasteiger partial charge >= 0.3 is 0 Å². The Balaban J connectivity index is 1.53. The first-order chi connectivity index (χ1) is 17.2. The van der Waals surface area contributed by atoms with Gasteiger partial charge in [-0.15, -0.1) is 0 Å². The third-order valence-corrected chi connectivity index (χ3v) is 8.48.